The van der Waals surface area contributed by atoms with Crippen molar-refractivity contribution in [3.8, 4) is 0 Å². The van der Waals surface area contributed by atoms with Crippen LogP contribution in [0.5, 0.6) is 0 Å². The van der Waals surface area contributed by atoms with E-state index in [1.54, 1.807) is 67.8 Å². The lowest BCUT2D eigenvalue weighted by Gasteiger charge is -2.23. The Hall–Kier alpha value is -2.62. The molecule has 0 saturated carbocycles. The maximum atomic E-state index is 13.2. The van der Waals surface area contributed by atoms with E-state index in [2.05, 4.69) is 21.2 Å². The number of carbonyl (C=O) groups excluding carboxylic acids is 1. The maximum Gasteiger partial charge on any atom is 0.264 e. The minimum atomic E-state index is -3.71. The molecule has 0 bridgehead atoms. The number of furan rings is 1. The number of nitrogens with zero attached hydrogens (tertiary/aromatic N) is 1. The van der Waals surface area contributed by atoms with Gasteiger partial charge in [-0.1, -0.05) is 15.9 Å². The molecule has 1 amide bonds. The number of nitrogens with one attached hydrogen (secondary N) is 1. The molecule has 1 N–H and O–H groups in total. The Balaban J connectivity index is 1.60. The number of benzene rings is 2. The van der Waals surface area contributed by atoms with E-state index in [9.17, 15) is 13.2 Å². The van der Waals surface area contributed by atoms with E-state index in [-0.39, 0.29) is 17.3 Å². The first-order chi connectivity index (χ1) is 14.9. The highest BCUT2D eigenvalue weighted by Gasteiger charge is 2.24. The Morgan fingerprint density at radius 1 is 1.13 bits per heavy atom. The lowest BCUT2D eigenvalue weighted by atomic mass is 10.2. The van der Waals surface area contributed by atoms with Crippen LogP contribution < -0.4 is 9.62 Å². The molecule has 0 aliphatic heterocycles. The zero-order valence-corrected chi connectivity index (χ0v) is 19.8. The monoisotopic (exact) mass is 518 g/mol. The molecule has 160 valence electrons. The smallest absolute Gasteiger partial charge is 0.264 e. The van der Waals surface area contributed by atoms with Gasteiger partial charge in [0.05, 0.1) is 28.3 Å². The maximum absolute atomic E-state index is 13.2. The third-order valence-electron chi connectivity index (χ3n) is 4.70. The summed E-state index contributed by atoms with van der Waals surface area (Å²) in [6.45, 7) is 2.38. The fraction of sp³-hybridized carbons (Fsp3) is 0.136. The van der Waals surface area contributed by atoms with Crippen molar-refractivity contribution in [3.63, 3.8) is 0 Å². The van der Waals surface area contributed by atoms with Crippen molar-refractivity contribution in [3.05, 3.63) is 82.0 Å². The zero-order chi connectivity index (χ0) is 22.0. The number of halogens is 1. The van der Waals surface area contributed by atoms with Gasteiger partial charge in [0.2, 0.25) is 0 Å². The van der Waals surface area contributed by atoms with Crippen LogP contribution in [0.4, 0.5) is 5.69 Å². The molecule has 0 aliphatic rings. The van der Waals surface area contributed by atoms with Crippen LogP contribution in [0.3, 0.4) is 0 Å². The minimum Gasteiger partial charge on any atom is -0.467 e. The van der Waals surface area contributed by atoms with Crippen LogP contribution in [0.1, 0.15) is 22.4 Å². The average molecular weight is 519 g/mol. The summed E-state index contributed by atoms with van der Waals surface area (Å²) in [5, 5.41) is 3.64. The molecule has 0 unspecified atom stereocenters. The standard InChI is InChI=1S/C22H19BrN2O4S2/c1-2-25(31(27,28)19-8-5-16(23)6-9-19)17-7-10-20-15(12-17)13-21(30-20)22(26)24-14-18-4-3-11-29-18/h3-13H,2,14H2,1H3,(H,24,26). The van der Waals surface area contributed by atoms with E-state index in [1.807, 2.05) is 6.07 Å². The number of rotatable bonds is 7. The van der Waals surface area contributed by atoms with Crippen molar-refractivity contribution in [2.75, 3.05) is 10.8 Å². The Morgan fingerprint density at radius 2 is 1.90 bits per heavy atom. The minimum absolute atomic E-state index is 0.200. The number of hydrogen-bond acceptors (Lipinski definition) is 5. The summed E-state index contributed by atoms with van der Waals surface area (Å²) >= 11 is 4.69. The summed E-state index contributed by atoms with van der Waals surface area (Å²) in [5.74, 6) is 0.475. The van der Waals surface area contributed by atoms with Crippen LogP contribution in [-0.2, 0) is 16.6 Å². The number of fused-ring (bicyclic) bond motifs is 1. The number of sulfonamides is 1. The van der Waals surface area contributed by atoms with Gasteiger partial charge in [-0.3, -0.25) is 9.10 Å². The second kappa shape index (κ2) is 8.86. The van der Waals surface area contributed by atoms with Gasteiger partial charge in [-0.15, -0.1) is 11.3 Å². The third-order valence-corrected chi connectivity index (χ3v) is 8.26. The van der Waals surface area contributed by atoms with Gasteiger partial charge in [-0.2, -0.15) is 0 Å². The molecular weight excluding hydrogens is 500 g/mol. The van der Waals surface area contributed by atoms with Crippen LogP contribution in [-0.4, -0.2) is 20.9 Å². The van der Waals surface area contributed by atoms with Gasteiger partial charge in [0.25, 0.3) is 15.9 Å². The normalized spacial score (nSPS) is 11.5. The van der Waals surface area contributed by atoms with Crippen LogP contribution >= 0.6 is 27.3 Å². The zero-order valence-electron chi connectivity index (χ0n) is 16.5. The summed E-state index contributed by atoms with van der Waals surface area (Å²) in [4.78, 5) is 13.3. The van der Waals surface area contributed by atoms with Crippen LogP contribution in [0.2, 0.25) is 0 Å². The summed E-state index contributed by atoms with van der Waals surface area (Å²) in [6.07, 6.45) is 1.56. The van der Waals surface area contributed by atoms with Crippen molar-refractivity contribution in [2.24, 2.45) is 0 Å². The predicted octanol–water partition coefficient (Wildman–Crippen LogP) is 5.40. The summed E-state index contributed by atoms with van der Waals surface area (Å²) in [6, 6.07) is 17.3. The topological polar surface area (TPSA) is 79.6 Å². The molecule has 0 saturated heterocycles. The molecule has 0 aliphatic carbocycles. The van der Waals surface area contributed by atoms with Crippen molar-refractivity contribution in [1.82, 2.24) is 5.32 Å². The molecule has 4 rings (SSSR count). The first kappa shape index (κ1) is 21.6. The highest BCUT2D eigenvalue weighted by molar-refractivity contribution is 9.10. The van der Waals surface area contributed by atoms with Crippen molar-refractivity contribution >= 4 is 59.0 Å². The molecule has 0 spiro atoms. The van der Waals surface area contributed by atoms with Gasteiger partial charge in [-0.25, -0.2) is 8.42 Å². The average Bonchev–Trinajstić information content (AvgIpc) is 3.42. The first-order valence-corrected chi connectivity index (χ1v) is 12.6. The quantitative estimate of drug-likeness (QED) is 0.355. The fourth-order valence-electron chi connectivity index (χ4n) is 3.19. The molecular formula is C22H19BrN2O4S2. The van der Waals surface area contributed by atoms with Crippen molar-refractivity contribution < 1.29 is 17.6 Å². The number of anilines is 1. The summed E-state index contributed by atoms with van der Waals surface area (Å²) < 4.78 is 34.6. The molecule has 4 aromatic rings. The third kappa shape index (κ3) is 4.53. The molecule has 9 heteroatoms. The molecule has 0 atom stereocenters. The second-order valence-electron chi connectivity index (χ2n) is 6.72. The van der Waals surface area contributed by atoms with E-state index >= 15 is 0 Å². The van der Waals surface area contributed by atoms with Gasteiger partial charge in [0.15, 0.2) is 0 Å². The van der Waals surface area contributed by atoms with Crippen molar-refractivity contribution in [1.29, 1.82) is 0 Å². The lowest BCUT2D eigenvalue weighted by Crippen LogP contribution is -2.30. The molecule has 6 nitrogen and oxygen atoms in total. The number of amides is 1. The SMILES string of the molecule is CCN(c1ccc2sc(C(=O)NCc3ccco3)cc2c1)S(=O)(=O)c1ccc(Br)cc1. The summed E-state index contributed by atoms with van der Waals surface area (Å²) in [7, 11) is -3.71. The van der Waals surface area contributed by atoms with Gasteiger partial charge in [0, 0.05) is 15.7 Å². The predicted molar refractivity (Wildman–Crippen MR) is 126 cm³/mol. The lowest BCUT2D eigenvalue weighted by molar-refractivity contribution is 0.0952. The molecule has 2 heterocycles. The Morgan fingerprint density at radius 3 is 2.58 bits per heavy atom. The van der Waals surface area contributed by atoms with Gasteiger partial charge < -0.3 is 9.73 Å². The first-order valence-electron chi connectivity index (χ1n) is 9.51. The van der Waals surface area contributed by atoms with Gasteiger partial charge in [-0.05, 0) is 73.0 Å². The van der Waals surface area contributed by atoms with Crippen LogP contribution in [0.15, 0.2) is 80.7 Å². The molecule has 0 radical (unpaired) electrons. The highest BCUT2D eigenvalue weighted by atomic mass is 79.9. The van der Waals surface area contributed by atoms with Gasteiger partial charge >= 0.3 is 0 Å². The Labute approximate surface area is 192 Å². The second-order valence-corrected chi connectivity index (χ2v) is 10.6. The molecule has 2 aromatic carbocycles. The van der Waals surface area contributed by atoms with Gasteiger partial charge in [0.1, 0.15) is 5.76 Å². The van der Waals surface area contributed by atoms with E-state index in [0.29, 0.717) is 22.9 Å². The van der Waals surface area contributed by atoms with Crippen LogP contribution in [0.25, 0.3) is 10.1 Å². The number of carbonyl (C=O) groups is 1. The molecule has 31 heavy (non-hydrogen) atoms. The van der Waals surface area contributed by atoms with Crippen molar-refractivity contribution in [2.45, 2.75) is 18.4 Å². The largest absolute Gasteiger partial charge is 0.467 e. The van der Waals surface area contributed by atoms with E-state index in [1.165, 1.54) is 15.6 Å². The number of thiophene rings is 1. The summed E-state index contributed by atoms with van der Waals surface area (Å²) in [5.41, 5.74) is 0.554. The van der Waals surface area contributed by atoms with E-state index < -0.39 is 10.0 Å². The Bertz CT molecular complexity index is 1310. The molecule has 2 aromatic heterocycles. The Kier molecular flexibility index (Phi) is 6.17. The molecule has 0 fully saturated rings. The number of hydrogen-bond donors (Lipinski definition) is 1. The highest BCUT2D eigenvalue weighted by Crippen LogP contribution is 2.32. The van der Waals surface area contributed by atoms with Crippen LogP contribution in [0, 0.1) is 0 Å². The fourth-order valence-corrected chi connectivity index (χ4v) is 5.88. The van der Waals surface area contributed by atoms with E-state index in [0.717, 1.165) is 14.6 Å². The van der Waals surface area contributed by atoms with E-state index in [4.69, 9.17) is 4.42 Å².